The van der Waals surface area contributed by atoms with E-state index in [2.05, 4.69) is 15.3 Å². The average Bonchev–Trinajstić information content (AvgIpc) is 2.76. The molecule has 2 rings (SSSR count). The van der Waals surface area contributed by atoms with Crippen LogP contribution in [0.2, 0.25) is 0 Å². The first kappa shape index (κ1) is 16.1. The lowest BCUT2D eigenvalue weighted by Crippen LogP contribution is -2.39. The smallest absolute Gasteiger partial charge is 0.370 e. The van der Waals surface area contributed by atoms with Gasteiger partial charge in [-0.15, -0.1) is 11.3 Å². The molecule has 1 aromatic heterocycles. The summed E-state index contributed by atoms with van der Waals surface area (Å²) in [7, 11) is 0. The summed E-state index contributed by atoms with van der Waals surface area (Å²) in [6, 6.07) is 0.318. The SMILES string of the molecule is NC(=NCc1nc(C(F)(F)F)cs1)NC1CCCCCC1. The molecule has 0 radical (unpaired) electrons. The number of nitrogens with two attached hydrogens (primary N) is 1. The van der Waals surface area contributed by atoms with Gasteiger partial charge in [-0.1, -0.05) is 25.7 Å². The zero-order valence-electron chi connectivity index (χ0n) is 11.6. The third-order valence-corrected chi connectivity index (χ3v) is 4.27. The van der Waals surface area contributed by atoms with Crippen molar-refractivity contribution in [3.8, 4) is 0 Å². The van der Waals surface area contributed by atoms with Crippen LogP contribution in [0.4, 0.5) is 13.2 Å². The van der Waals surface area contributed by atoms with E-state index in [0.29, 0.717) is 11.0 Å². The maximum atomic E-state index is 12.4. The van der Waals surface area contributed by atoms with Gasteiger partial charge in [0.1, 0.15) is 5.01 Å². The predicted octanol–water partition coefficient (Wildman–Crippen LogP) is 3.29. The summed E-state index contributed by atoms with van der Waals surface area (Å²) in [5, 5.41) is 4.46. The second-order valence-corrected chi connectivity index (χ2v) is 6.10. The summed E-state index contributed by atoms with van der Waals surface area (Å²) in [4.78, 5) is 7.60. The molecule has 4 nitrogen and oxygen atoms in total. The number of nitrogens with one attached hydrogen (secondary N) is 1. The summed E-state index contributed by atoms with van der Waals surface area (Å²) in [6.07, 6.45) is 2.56. The van der Waals surface area contributed by atoms with Gasteiger partial charge in [-0.05, 0) is 12.8 Å². The van der Waals surface area contributed by atoms with Crippen molar-refractivity contribution in [3.63, 3.8) is 0 Å². The van der Waals surface area contributed by atoms with Crippen LogP contribution in [0.15, 0.2) is 10.4 Å². The van der Waals surface area contributed by atoms with Crippen LogP contribution in [0.25, 0.3) is 0 Å². The molecular weight excluding hydrogens is 301 g/mol. The van der Waals surface area contributed by atoms with Gasteiger partial charge in [-0.25, -0.2) is 9.98 Å². The lowest BCUT2D eigenvalue weighted by Gasteiger charge is -2.16. The van der Waals surface area contributed by atoms with Gasteiger partial charge in [0.25, 0.3) is 0 Å². The molecule has 8 heteroatoms. The molecule has 1 fully saturated rings. The highest BCUT2D eigenvalue weighted by molar-refractivity contribution is 7.09. The van der Waals surface area contributed by atoms with Crippen molar-refractivity contribution in [1.29, 1.82) is 0 Å². The molecule has 0 spiro atoms. The number of halogens is 3. The fraction of sp³-hybridized carbons (Fsp3) is 0.692. The Bertz CT molecular complexity index is 476. The number of hydrogen-bond acceptors (Lipinski definition) is 3. The first-order chi connectivity index (χ1) is 9.95. The fourth-order valence-electron chi connectivity index (χ4n) is 2.34. The zero-order chi connectivity index (χ0) is 15.3. The molecule has 0 saturated heterocycles. The highest BCUT2D eigenvalue weighted by Crippen LogP contribution is 2.30. The summed E-state index contributed by atoms with van der Waals surface area (Å²) in [5.41, 5.74) is 4.92. The quantitative estimate of drug-likeness (QED) is 0.510. The highest BCUT2D eigenvalue weighted by atomic mass is 32.1. The molecule has 0 aliphatic heterocycles. The van der Waals surface area contributed by atoms with Crippen molar-refractivity contribution >= 4 is 17.3 Å². The number of thiazole rings is 1. The van der Waals surface area contributed by atoms with Crippen molar-refractivity contribution < 1.29 is 13.2 Å². The van der Waals surface area contributed by atoms with Gasteiger partial charge in [0.2, 0.25) is 0 Å². The van der Waals surface area contributed by atoms with E-state index in [-0.39, 0.29) is 12.5 Å². The lowest BCUT2D eigenvalue weighted by molar-refractivity contribution is -0.140. The van der Waals surface area contributed by atoms with E-state index in [4.69, 9.17) is 5.73 Å². The first-order valence-electron chi connectivity index (χ1n) is 7.03. The van der Waals surface area contributed by atoms with Gasteiger partial charge >= 0.3 is 6.18 Å². The summed E-state index contributed by atoms with van der Waals surface area (Å²) < 4.78 is 37.3. The van der Waals surface area contributed by atoms with Crippen molar-refractivity contribution in [2.75, 3.05) is 0 Å². The maximum Gasteiger partial charge on any atom is 0.434 e. The molecule has 0 bridgehead atoms. The molecule has 1 aliphatic rings. The maximum absolute atomic E-state index is 12.4. The van der Waals surface area contributed by atoms with Gasteiger partial charge in [-0.2, -0.15) is 13.2 Å². The Kier molecular flexibility index (Phi) is 5.44. The monoisotopic (exact) mass is 320 g/mol. The molecule has 3 N–H and O–H groups in total. The Morgan fingerprint density at radius 1 is 1.33 bits per heavy atom. The Labute approximate surface area is 125 Å². The Balaban J connectivity index is 1.86. The van der Waals surface area contributed by atoms with Crippen LogP contribution in [-0.4, -0.2) is 17.0 Å². The molecule has 0 aromatic carbocycles. The number of nitrogens with zero attached hydrogens (tertiary/aromatic N) is 2. The summed E-state index contributed by atoms with van der Waals surface area (Å²) >= 11 is 0.946. The van der Waals surface area contributed by atoms with Crippen molar-refractivity contribution in [2.24, 2.45) is 10.7 Å². The lowest BCUT2D eigenvalue weighted by atomic mass is 10.1. The minimum absolute atomic E-state index is 0.0757. The normalized spacial score (nSPS) is 18.5. The van der Waals surface area contributed by atoms with E-state index in [1.807, 2.05) is 0 Å². The van der Waals surface area contributed by atoms with E-state index in [9.17, 15) is 13.2 Å². The topological polar surface area (TPSA) is 63.3 Å². The molecule has 1 aromatic rings. The largest absolute Gasteiger partial charge is 0.434 e. The Hall–Kier alpha value is -1.31. The number of aliphatic imine (C=N–C) groups is 1. The van der Waals surface area contributed by atoms with Gasteiger partial charge in [0.05, 0.1) is 6.54 Å². The third-order valence-electron chi connectivity index (χ3n) is 3.43. The summed E-state index contributed by atoms with van der Waals surface area (Å²) in [5.74, 6) is 0.283. The number of guanidine groups is 1. The third kappa shape index (κ3) is 5.18. The van der Waals surface area contributed by atoms with Crippen LogP contribution in [0.5, 0.6) is 0 Å². The van der Waals surface area contributed by atoms with E-state index >= 15 is 0 Å². The van der Waals surface area contributed by atoms with Crippen LogP contribution in [0.1, 0.15) is 49.2 Å². The van der Waals surface area contributed by atoms with Gasteiger partial charge in [0, 0.05) is 11.4 Å². The van der Waals surface area contributed by atoms with Crippen LogP contribution in [-0.2, 0) is 12.7 Å². The van der Waals surface area contributed by atoms with Crippen molar-refractivity contribution in [1.82, 2.24) is 10.3 Å². The van der Waals surface area contributed by atoms with Crippen LogP contribution in [0.3, 0.4) is 0 Å². The van der Waals surface area contributed by atoms with E-state index in [1.165, 1.54) is 25.7 Å². The van der Waals surface area contributed by atoms with E-state index in [1.54, 1.807) is 0 Å². The van der Waals surface area contributed by atoms with Crippen LogP contribution < -0.4 is 11.1 Å². The molecule has 118 valence electrons. The predicted molar refractivity (Wildman–Crippen MR) is 77.1 cm³/mol. The molecule has 0 amide bonds. The molecule has 1 saturated carbocycles. The molecule has 21 heavy (non-hydrogen) atoms. The van der Waals surface area contributed by atoms with Gasteiger partial charge in [-0.3, -0.25) is 0 Å². The molecule has 1 heterocycles. The zero-order valence-corrected chi connectivity index (χ0v) is 12.4. The number of rotatable bonds is 3. The average molecular weight is 320 g/mol. The van der Waals surface area contributed by atoms with Crippen molar-refractivity contribution in [2.45, 2.75) is 57.3 Å². The Morgan fingerprint density at radius 3 is 2.57 bits per heavy atom. The highest BCUT2D eigenvalue weighted by Gasteiger charge is 2.33. The Morgan fingerprint density at radius 2 is 2.00 bits per heavy atom. The van der Waals surface area contributed by atoms with Crippen LogP contribution in [0, 0.1) is 0 Å². The van der Waals surface area contributed by atoms with Gasteiger partial charge < -0.3 is 11.1 Å². The standard InChI is InChI=1S/C13H19F3N4S/c14-13(15,16)10-8-21-11(20-10)7-18-12(17)19-9-5-3-1-2-4-6-9/h8-9H,1-7H2,(H3,17,18,19). The summed E-state index contributed by atoms with van der Waals surface area (Å²) in [6.45, 7) is 0.0757. The molecule has 0 unspecified atom stereocenters. The number of alkyl halides is 3. The first-order valence-corrected chi connectivity index (χ1v) is 7.91. The van der Waals surface area contributed by atoms with Gasteiger partial charge in [0.15, 0.2) is 11.7 Å². The van der Waals surface area contributed by atoms with Crippen LogP contribution >= 0.6 is 11.3 Å². The second-order valence-electron chi connectivity index (χ2n) is 5.16. The minimum Gasteiger partial charge on any atom is -0.370 e. The number of aromatic nitrogens is 1. The second kappa shape index (κ2) is 7.11. The van der Waals surface area contributed by atoms with E-state index in [0.717, 1.165) is 29.6 Å². The van der Waals surface area contributed by atoms with E-state index < -0.39 is 11.9 Å². The molecule has 0 atom stereocenters. The van der Waals surface area contributed by atoms with Crippen molar-refractivity contribution in [3.05, 3.63) is 16.1 Å². The minimum atomic E-state index is -4.40. The molecular formula is C13H19F3N4S. The number of hydrogen-bond donors (Lipinski definition) is 2. The molecule has 1 aliphatic carbocycles. The fourth-order valence-corrected chi connectivity index (χ4v) is 3.07.